The largest absolute Gasteiger partial charge is 0.409 e. The van der Waals surface area contributed by atoms with Crippen LogP contribution in [-0.2, 0) is 0 Å². The van der Waals surface area contributed by atoms with E-state index >= 15 is 0 Å². The van der Waals surface area contributed by atoms with E-state index in [9.17, 15) is 0 Å². The summed E-state index contributed by atoms with van der Waals surface area (Å²) in [6.45, 7) is 6.33. The maximum atomic E-state index is 8.84. The Morgan fingerprint density at radius 3 is 2.88 bits per heavy atom. The summed E-state index contributed by atoms with van der Waals surface area (Å²) in [6, 6.07) is 6.08. The number of rotatable bonds is 2. The van der Waals surface area contributed by atoms with E-state index < -0.39 is 0 Å². The standard InChI is InChI=1S/C13H19N3O/c1-9-3-4-12(11(7-9)13(14)15-17)16-6-5-10(2)8-16/h3-4,7,10,17H,5-6,8H2,1-2H3,(H2,14,15). The van der Waals surface area contributed by atoms with Crippen molar-refractivity contribution in [1.82, 2.24) is 0 Å². The molecule has 0 radical (unpaired) electrons. The van der Waals surface area contributed by atoms with Crippen molar-refractivity contribution in [3.63, 3.8) is 0 Å². The van der Waals surface area contributed by atoms with Crippen LogP contribution in [-0.4, -0.2) is 24.1 Å². The maximum absolute atomic E-state index is 8.84. The number of oxime groups is 1. The number of amidine groups is 1. The summed E-state index contributed by atoms with van der Waals surface area (Å²) in [5.74, 6) is 0.889. The number of hydrogen-bond donors (Lipinski definition) is 2. The third-order valence-corrected chi connectivity index (χ3v) is 3.30. The molecule has 1 aromatic rings. The van der Waals surface area contributed by atoms with Gasteiger partial charge in [-0.2, -0.15) is 0 Å². The van der Waals surface area contributed by atoms with Gasteiger partial charge in [-0.05, 0) is 31.4 Å². The first-order valence-corrected chi connectivity index (χ1v) is 5.95. The zero-order chi connectivity index (χ0) is 12.4. The fourth-order valence-corrected chi connectivity index (χ4v) is 2.34. The monoisotopic (exact) mass is 233 g/mol. The Bertz CT molecular complexity index is 442. The Morgan fingerprint density at radius 1 is 1.53 bits per heavy atom. The molecule has 0 aromatic heterocycles. The van der Waals surface area contributed by atoms with E-state index in [0.717, 1.165) is 29.9 Å². The van der Waals surface area contributed by atoms with Crippen molar-refractivity contribution < 1.29 is 5.21 Å². The molecule has 1 aliphatic heterocycles. The fourth-order valence-electron chi connectivity index (χ4n) is 2.34. The highest BCUT2D eigenvalue weighted by Gasteiger charge is 2.22. The zero-order valence-corrected chi connectivity index (χ0v) is 10.3. The lowest BCUT2D eigenvalue weighted by molar-refractivity contribution is 0.318. The van der Waals surface area contributed by atoms with Crippen molar-refractivity contribution in [2.24, 2.45) is 16.8 Å². The summed E-state index contributed by atoms with van der Waals surface area (Å²) in [5.41, 5.74) is 8.74. The van der Waals surface area contributed by atoms with Gasteiger partial charge in [0, 0.05) is 24.3 Å². The van der Waals surface area contributed by atoms with Crippen molar-refractivity contribution in [1.29, 1.82) is 0 Å². The summed E-state index contributed by atoms with van der Waals surface area (Å²) in [6.07, 6.45) is 1.20. The summed E-state index contributed by atoms with van der Waals surface area (Å²) in [5, 5.41) is 12.0. The molecule has 4 heteroatoms. The highest BCUT2D eigenvalue weighted by atomic mass is 16.4. The quantitative estimate of drug-likeness (QED) is 0.355. The Hall–Kier alpha value is -1.71. The van der Waals surface area contributed by atoms with E-state index in [0.29, 0.717) is 5.92 Å². The van der Waals surface area contributed by atoms with Gasteiger partial charge in [-0.15, -0.1) is 0 Å². The highest BCUT2D eigenvalue weighted by molar-refractivity contribution is 6.02. The van der Waals surface area contributed by atoms with Crippen molar-refractivity contribution in [2.45, 2.75) is 20.3 Å². The molecule has 1 heterocycles. The van der Waals surface area contributed by atoms with Crippen molar-refractivity contribution >= 4 is 11.5 Å². The van der Waals surface area contributed by atoms with Gasteiger partial charge in [-0.25, -0.2) is 0 Å². The van der Waals surface area contributed by atoms with E-state index in [1.807, 2.05) is 13.0 Å². The van der Waals surface area contributed by atoms with Crippen LogP contribution in [0.25, 0.3) is 0 Å². The molecule has 4 nitrogen and oxygen atoms in total. The molecule has 1 saturated heterocycles. The van der Waals surface area contributed by atoms with Gasteiger partial charge in [0.2, 0.25) is 0 Å². The molecule has 1 atom stereocenters. The number of benzene rings is 1. The molecule has 0 saturated carbocycles. The third-order valence-electron chi connectivity index (χ3n) is 3.30. The maximum Gasteiger partial charge on any atom is 0.172 e. The van der Waals surface area contributed by atoms with E-state index in [4.69, 9.17) is 10.9 Å². The number of aryl methyl sites for hydroxylation is 1. The molecule has 1 aliphatic rings. The second kappa shape index (κ2) is 4.65. The molecule has 0 aliphatic carbocycles. The predicted octanol–water partition coefficient (Wildman–Crippen LogP) is 1.94. The van der Waals surface area contributed by atoms with Crippen LogP contribution in [0.1, 0.15) is 24.5 Å². The SMILES string of the molecule is Cc1ccc(N2CCC(C)C2)c(/C(N)=N/O)c1. The average Bonchev–Trinajstić information content (AvgIpc) is 2.74. The van der Waals surface area contributed by atoms with Crippen molar-refractivity contribution in [2.75, 3.05) is 18.0 Å². The van der Waals surface area contributed by atoms with Crippen LogP contribution in [0.3, 0.4) is 0 Å². The van der Waals surface area contributed by atoms with Crippen LogP contribution in [0.15, 0.2) is 23.4 Å². The van der Waals surface area contributed by atoms with Gasteiger partial charge in [0.25, 0.3) is 0 Å². The van der Waals surface area contributed by atoms with Gasteiger partial charge in [0.15, 0.2) is 5.84 Å². The Balaban J connectivity index is 2.39. The first-order chi connectivity index (χ1) is 8.11. The van der Waals surface area contributed by atoms with Crippen LogP contribution in [0, 0.1) is 12.8 Å². The molecule has 17 heavy (non-hydrogen) atoms. The summed E-state index contributed by atoms with van der Waals surface area (Å²) < 4.78 is 0. The molecule has 3 N–H and O–H groups in total. The van der Waals surface area contributed by atoms with Gasteiger partial charge in [-0.3, -0.25) is 0 Å². The summed E-state index contributed by atoms with van der Waals surface area (Å²) >= 11 is 0. The van der Waals surface area contributed by atoms with Crippen LogP contribution >= 0.6 is 0 Å². The molecular formula is C13H19N3O. The minimum Gasteiger partial charge on any atom is -0.409 e. The minimum absolute atomic E-state index is 0.184. The lowest BCUT2D eigenvalue weighted by Gasteiger charge is -2.21. The van der Waals surface area contributed by atoms with Crippen LogP contribution in [0.2, 0.25) is 0 Å². The fraction of sp³-hybridized carbons (Fsp3) is 0.462. The van der Waals surface area contributed by atoms with Crippen molar-refractivity contribution in [3.05, 3.63) is 29.3 Å². The van der Waals surface area contributed by atoms with Crippen molar-refractivity contribution in [3.8, 4) is 0 Å². The lowest BCUT2D eigenvalue weighted by atomic mass is 10.1. The topological polar surface area (TPSA) is 61.8 Å². The van der Waals surface area contributed by atoms with E-state index in [1.165, 1.54) is 6.42 Å². The highest BCUT2D eigenvalue weighted by Crippen LogP contribution is 2.27. The summed E-state index contributed by atoms with van der Waals surface area (Å²) in [7, 11) is 0. The third kappa shape index (κ3) is 2.35. The van der Waals surface area contributed by atoms with Crippen LogP contribution in [0.4, 0.5) is 5.69 Å². The molecule has 0 spiro atoms. The van der Waals surface area contributed by atoms with Gasteiger partial charge in [0.05, 0.1) is 0 Å². The van der Waals surface area contributed by atoms with E-state index in [1.54, 1.807) is 0 Å². The molecule has 1 unspecified atom stereocenters. The number of nitrogens with two attached hydrogens (primary N) is 1. The summed E-state index contributed by atoms with van der Waals surface area (Å²) in [4.78, 5) is 2.30. The number of nitrogens with zero attached hydrogens (tertiary/aromatic N) is 2. The smallest absolute Gasteiger partial charge is 0.172 e. The Kier molecular flexibility index (Phi) is 3.22. The molecule has 92 valence electrons. The number of hydrogen-bond acceptors (Lipinski definition) is 3. The molecule has 0 amide bonds. The Morgan fingerprint density at radius 2 is 2.29 bits per heavy atom. The van der Waals surface area contributed by atoms with Gasteiger partial charge in [-0.1, -0.05) is 23.7 Å². The van der Waals surface area contributed by atoms with E-state index in [2.05, 4.69) is 29.1 Å². The van der Waals surface area contributed by atoms with Gasteiger partial charge in [0.1, 0.15) is 0 Å². The van der Waals surface area contributed by atoms with Crippen LogP contribution in [0.5, 0.6) is 0 Å². The molecule has 2 rings (SSSR count). The van der Waals surface area contributed by atoms with E-state index in [-0.39, 0.29) is 5.84 Å². The molecule has 0 bridgehead atoms. The number of anilines is 1. The second-order valence-corrected chi connectivity index (χ2v) is 4.85. The predicted molar refractivity (Wildman–Crippen MR) is 69.7 cm³/mol. The molecule has 1 aromatic carbocycles. The van der Waals surface area contributed by atoms with Crippen LogP contribution < -0.4 is 10.6 Å². The first-order valence-electron chi connectivity index (χ1n) is 5.95. The molecular weight excluding hydrogens is 214 g/mol. The Labute approximate surface area is 102 Å². The first kappa shape index (κ1) is 11.8. The lowest BCUT2D eigenvalue weighted by Crippen LogP contribution is -2.24. The van der Waals surface area contributed by atoms with Gasteiger partial charge < -0.3 is 15.8 Å². The minimum atomic E-state index is 0.184. The molecule has 1 fully saturated rings. The second-order valence-electron chi connectivity index (χ2n) is 4.85. The zero-order valence-electron chi connectivity index (χ0n) is 10.3. The van der Waals surface area contributed by atoms with Gasteiger partial charge >= 0.3 is 0 Å². The average molecular weight is 233 g/mol. The normalized spacial score (nSPS) is 20.9.